The molecule has 4 heteroatoms. The summed E-state index contributed by atoms with van der Waals surface area (Å²) in [6.45, 7) is 16.3. The van der Waals surface area contributed by atoms with Crippen LogP contribution in [0.25, 0.3) is 43.8 Å². The Balaban J connectivity index is 0.000000792. The van der Waals surface area contributed by atoms with E-state index in [-0.39, 0.29) is 39.7 Å². The number of fused-ring (bicyclic) bond motifs is 2. The first-order valence-corrected chi connectivity index (χ1v) is 19.9. The van der Waals surface area contributed by atoms with Gasteiger partial charge in [0.05, 0.1) is 0 Å². The monoisotopic (exact) mass is 756 g/mol. The average Bonchev–Trinajstić information content (AvgIpc) is 3.61. The van der Waals surface area contributed by atoms with Crippen molar-refractivity contribution in [3.8, 4) is 22.3 Å². The molecule has 0 fully saturated rings. The van der Waals surface area contributed by atoms with E-state index in [2.05, 4.69) is 145 Å². The maximum absolute atomic E-state index is 3.06. The predicted molar refractivity (Wildman–Crippen MR) is 215 cm³/mol. The second-order valence-electron chi connectivity index (χ2n) is 11.8. The fourth-order valence-electron chi connectivity index (χ4n) is 6.11. The van der Waals surface area contributed by atoms with E-state index in [1.54, 1.807) is 0 Å². The van der Waals surface area contributed by atoms with E-state index < -0.39 is 0 Å². The average molecular weight is 759 g/mol. The molecule has 0 saturated carbocycles. The van der Waals surface area contributed by atoms with E-state index in [1.165, 1.54) is 126 Å². The van der Waals surface area contributed by atoms with Crippen molar-refractivity contribution in [2.75, 3.05) is 0 Å². The van der Waals surface area contributed by atoms with Crippen LogP contribution >= 0.6 is 24.8 Å². The van der Waals surface area contributed by atoms with E-state index in [1.807, 2.05) is 0 Å². The molecular weight excluding hydrogens is 707 g/mol. The fourth-order valence-corrected chi connectivity index (χ4v) is 6.11. The molecule has 0 aliphatic heterocycles. The number of aryl methyl sites for hydroxylation is 6. The molecule has 0 atom stereocenters. The van der Waals surface area contributed by atoms with Crippen molar-refractivity contribution in [2.24, 2.45) is 0 Å². The molecule has 0 nitrogen and oxygen atoms in total. The molecule has 2 radical (unpaired) electrons. The molecule has 0 amide bonds. The van der Waals surface area contributed by atoms with Crippen LogP contribution in [0.4, 0.5) is 0 Å². The molecule has 6 aromatic rings. The molecule has 250 valence electrons. The van der Waals surface area contributed by atoms with Crippen molar-refractivity contribution in [2.45, 2.75) is 73.6 Å². The van der Waals surface area contributed by atoms with Gasteiger partial charge in [-0.15, -0.1) is 81.8 Å². The molecule has 0 aliphatic rings. The fraction of sp³-hybridized carbons (Fsp3) is 0.256. The van der Waals surface area contributed by atoms with Gasteiger partial charge in [0.2, 0.25) is 0 Å². The molecule has 0 heterocycles. The van der Waals surface area contributed by atoms with Crippen LogP contribution in [0, 0.1) is 35.6 Å². The first-order valence-electron chi connectivity index (χ1n) is 15.7. The number of benzene rings is 4. The maximum atomic E-state index is 3.06. The summed E-state index contributed by atoms with van der Waals surface area (Å²) in [5.74, 6) is 0. The summed E-state index contributed by atoms with van der Waals surface area (Å²) in [5.41, 5.74) is 13.7. The Hall–Kier alpha value is -2.22. The molecule has 0 aliphatic carbocycles. The van der Waals surface area contributed by atoms with Crippen LogP contribution in [-0.4, -0.2) is 6.88 Å². The molecule has 0 spiro atoms. The van der Waals surface area contributed by atoms with Gasteiger partial charge >= 0.3 is 30.2 Å². The van der Waals surface area contributed by atoms with Crippen molar-refractivity contribution >= 4 is 53.2 Å². The van der Waals surface area contributed by atoms with E-state index in [9.17, 15) is 0 Å². The topological polar surface area (TPSA) is 0 Å². The minimum atomic E-state index is 0. The SMILES string of the molecule is CCCc1ccc(-c2cc(C)cc3[cH-]c(C)cc23)cc1.CCCc1ccc(-c2cc(C)cc3[cH-]c(CC)cc23)cc1.Cl.Cl.[CH3-].[CH3-].[Si]=[Zr]. The van der Waals surface area contributed by atoms with E-state index >= 15 is 0 Å². The predicted octanol–water partition coefficient (Wildman–Crippen LogP) is 13.2. The Morgan fingerprint density at radius 3 is 1.36 bits per heavy atom. The quantitative estimate of drug-likeness (QED) is 0.112. The van der Waals surface area contributed by atoms with Crippen LogP contribution in [0.1, 0.15) is 67.0 Å². The number of rotatable bonds is 7. The van der Waals surface area contributed by atoms with Gasteiger partial charge in [-0.05, 0) is 55.4 Å². The molecule has 0 aromatic heterocycles. The molecule has 0 unspecified atom stereocenters. The molecule has 0 N–H and O–H groups in total. The molecule has 0 saturated heterocycles. The first-order chi connectivity index (χ1) is 20.9. The van der Waals surface area contributed by atoms with Gasteiger partial charge in [0.15, 0.2) is 0 Å². The summed E-state index contributed by atoms with van der Waals surface area (Å²) in [6, 6.07) is 36.6. The van der Waals surface area contributed by atoms with Crippen LogP contribution in [0.15, 0.2) is 97.1 Å². The summed E-state index contributed by atoms with van der Waals surface area (Å²) in [7, 11) is 0. The number of hydrogen-bond acceptors (Lipinski definition) is 0. The minimum absolute atomic E-state index is 0. The van der Waals surface area contributed by atoms with Gasteiger partial charge in [0.25, 0.3) is 0 Å². The second-order valence-corrected chi connectivity index (χ2v) is 11.8. The molecule has 0 bridgehead atoms. The Kier molecular flexibility index (Phi) is 20.7. The van der Waals surface area contributed by atoms with E-state index in [4.69, 9.17) is 0 Å². The van der Waals surface area contributed by atoms with Crippen molar-refractivity contribution in [3.05, 3.63) is 145 Å². The third-order valence-corrected chi connectivity index (χ3v) is 8.15. The third kappa shape index (κ3) is 11.4. The second kappa shape index (κ2) is 21.7. The molecule has 6 aromatic carbocycles. The Labute approximate surface area is 315 Å². The summed E-state index contributed by atoms with van der Waals surface area (Å²) in [6.07, 6.45) is 5.84. The van der Waals surface area contributed by atoms with Gasteiger partial charge in [0, 0.05) is 0 Å². The summed E-state index contributed by atoms with van der Waals surface area (Å²) in [4.78, 5) is 0. The van der Waals surface area contributed by atoms with Gasteiger partial charge in [0.1, 0.15) is 0 Å². The Morgan fingerprint density at radius 1 is 0.553 bits per heavy atom. The Morgan fingerprint density at radius 2 is 0.957 bits per heavy atom. The van der Waals surface area contributed by atoms with Gasteiger partial charge < -0.3 is 14.9 Å². The van der Waals surface area contributed by atoms with Crippen molar-refractivity contribution in [1.82, 2.24) is 0 Å². The summed E-state index contributed by atoms with van der Waals surface area (Å²) < 4.78 is 0. The summed E-state index contributed by atoms with van der Waals surface area (Å²) >= 11 is 1.36. The number of halogens is 2. The zero-order valence-electron chi connectivity index (χ0n) is 29.6. The Bertz CT molecular complexity index is 1780. The summed E-state index contributed by atoms with van der Waals surface area (Å²) in [5, 5.41) is 5.49. The number of hydrogen-bond donors (Lipinski definition) is 0. The molecule has 6 rings (SSSR count). The van der Waals surface area contributed by atoms with Crippen LogP contribution in [0.5, 0.6) is 0 Å². The van der Waals surface area contributed by atoms with Crippen LogP contribution < -0.4 is 0 Å². The third-order valence-electron chi connectivity index (χ3n) is 8.15. The van der Waals surface area contributed by atoms with Gasteiger partial charge in [-0.2, -0.15) is 12.1 Å². The van der Waals surface area contributed by atoms with E-state index in [0.717, 1.165) is 6.42 Å². The van der Waals surface area contributed by atoms with Crippen molar-refractivity contribution in [1.29, 1.82) is 0 Å². The van der Waals surface area contributed by atoms with Crippen LogP contribution in [0.3, 0.4) is 0 Å². The normalized spacial score (nSPS) is 9.81. The van der Waals surface area contributed by atoms with Crippen molar-refractivity contribution in [3.63, 3.8) is 0 Å². The van der Waals surface area contributed by atoms with E-state index in [0.29, 0.717) is 0 Å². The first kappa shape index (κ1) is 44.8. The molecular formula is C43H52Cl2SiZr-4. The van der Waals surface area contributed by atoms with Gasteiger partial charge in [-0.1, -0.05) is 123 Å². The zero-order chi connectivity index (χ0) is 30.9. The van der Waals surface area contributed by atoms with Crippen LogP contribution in [0.2, 0.25) is 0 Å². The zero-order valence-corrected chi connectivity index (χ0v) is 34.7. The molecule has 47 heavy (non-hydrogen) atoms. The standard InChI is InChI=1S/C21H23.C20H21.2CH3.2ClH.Si.Zr/c1-4-6-17-7-9-18(10-8-17)20-12-15(3)11-19-13-16(5-2)14-21(19)20;1-4-5-16-6-8-17(9-7-16)19-12-14(2)10-18-11-15(3)13-20(18)19;;;;;;/h7-14H,4-6H2,1-3H3;6-13H,4-5H2,1-3H3;2*1H3;2*1H;;/q4*-1;;;;. The van der Waals surface area contributed by atoms with Crippen LogP contribution in [-0.2, 0) is 42.6 Å². The van der Waals surface area contributed by atoms with Gasteiger partial charge in [-0.25, -0.2) is 0 Å². The van der Waals surface area contributed by atoms with Crippen molar-refractivity contribution < 1.29 is 23.3 Å². The van der Waals surface area contributed by atoms with Gasteiger partial charge in [-0.3, -0.25) is 0 Å².